The molecule has 3 rings (SSSR count). The molecule has 2 aromatic carbocycles. The maximum atomic E-state index is 12.3. The highest BCUT2D eigenvalue weighted by atomic mass is 16.3. The summed E-state index contributed by atoms with van der Waals surface area (Å²) in [4.78, 5) is 13.4. The van der Waals surface area contributed by atoms with E-state index < -0.39 is 36.8 Å². The Labute approximate surface area is 134 Å². The Hall–Kier alpha value is -2.21. The van der Waals surface area contributed by atoms with Crippen LogP contribution in [0.1, 0.15) is 23.1 Å². The van der Waals surface area contributed by atoms with Crippen molar-refractivity contribution in [2.45, 2.75) is 24.2 Å². The topological polar surface area (TPSA) is 81.0 Å². The number of hydrogen-bond donors (Lipinski definition) is 3. The van der Waals surface area contributed by atoms with Crippen LogP contribution in [0.5, 0.6) is 0 Å². The first kappa shape index (κ1) is 15.7. The molecule has 1 amide bonds. The van der Waals surface area contributed by atoms with Gasteiger partial charge in [-0.3, -0.25) is 4.79 Å². The van der Waals surface area contributed by atoms with Crippen molar-refractivity contribution in [3.63, 3.8) is 0 Å². The average molecular weight is 313 g/mol. The molecule has 0 aliphatic carbocycles. The van der Waals surface area contributed by atoms with Gasteiger partial charge in [0.1, 0.15) is 18.9 Å². The van der Waals surface area contributed by atoms with Crippen LogP contribution >= 0.6 is 0 Å². The number of rotatable bonds is 4. The molecule has 5 heteroatoms. The Morgan fingerprint density at radius 1 is 1.00 bits per heavy atom. The van der Waals surface area contributed by atoms with E-state index in [2.05, 4.69) is 0 Å². The number of aliphatic hydroxyl groups is 3. The predicted octanol–water partition coefficient (Wildman–Crippen LogP) is 1.03. The first-order valence-electron chi connectivity index (χ1n) is 7.52. The van der Waals surface area contributed by atoms with E-state index in [0.29, 0.717) is 5.56 Å². The van der Waals surface area contributed by atoms with Crippen molar-refractivity contribution in [3.05, 3.63) is 71.8 Å². The SMILES string of the molecule is O=C1C(O)C(c2ccccc2)C(C(O)c2ccccc2)N1CO. The minimum Gasteiger partial charge on any atom is -0.386 e. The smallest absolute Gasteiger partial charge is 0.254 e. The summed E-state index contributed by atoms with van der Waals surface area (Å²) in [5.74, 6) is -1.17. The van der Waals surface area contributed by atoms with Gasteiger partial charge in [-0.25, -0.2) is 0 Å². The van der Waals surface area contributed by atoms with E-state index in [4.69, 9.17) is 0 Å². The molecule has 1 aliphatic rings. The monoisotopic (exact) mass is 313 g/mol. The largest absolute Gasteiger partial charge is 0.386 e. The highest BCUT2D eigenvalue weighted by Gasteiger charge is 2.50. The Kier molecular flexibility index (Phi) is 4.43. The van der Waals surface area contributed by atoms with E-state index in [9.17, 15) is 20.1 Å². The van der Waals surface area contributed by atoms with Gasteiger partial charge in [-0.2, -0.15) is 0 Å². The zero-order chi connectivity index (χ0) is 16.4. The summed E-state index contributed by atoms with van der Waals surface area (Å²) >= 11 is 0. The van der Waals surface area contributed by atoms with Crippen LogP contribution in [0.2, 0.25) is 0 Å². The molecular formula is C18H19NO4. The van der Waals surface area contributed by atoms with Crippen LogP contribution in [-0.2, 0) is 4.79 Å². The molecule has 23 heavy (non-hydrogen) atoms. The second-order valence-electron chi connectivity index (χ2n) is 5.68. The van der Waals surface area contributed by atoms with Crippen LogP contribution in [0.4, 0.5) is 0 Å². The van der Waals surface area contributed by atoms with Crippen LogP contribution in [-0.4, -0.2) is 45.0 Å². The van der Waals surface area contributed by atoms with Gasteiger partial charge in [-0.1, -0.05) is 60.7 Å². The minimum atomic E-state index is -1.28. The molecule has 0 saturated carbocycles. The van der Waals surface area contributed by atoms with Crippen molar-refractivity contribution in [2.75, 3.05) is 6.73 Å². The van der Waals surface area contributed by atoms with Gasteiger partial charge >= 0.3 is 0 Å². The fourth-order valence-electron chi connectivity index (χ4n) is 3.28. The zero-order valence-electron chi connectivity index (χ0n) is 12.5. The molecule has 4 unspecified atom stereocenters. The van der Waals surface area contributed by atoms with Gasteiger partial charge in [-0.15, -0.1) is 0 Å². The van der Waals surface area contributed by atoms with E-state index >= 15 is 0 Å². The van der Waals surface area contributed by atoms with Gasteiger partial charge in [-0.05, 0) is 11.1 Å². The van der Waals surface area contributed by atoms with E-state index in [1.165, 1.54) is 0 Å². The zero-order valence-corrected chi connectivity index (χ0v) is 12.5. The van der Waals surface area contributed by atoms with Crippen molar-refractivity contribution in [3.8, 4) is 0 Å². The molecule has 3 N–H and O–H groups in total. The fourth-order valence-corrected chi connectivity index (χ4v) is 3.28. The number of hydrogen-bond acceptors (Lipinski definition) is 4. The lowest BCUT2D eigenvalue weighted by atomic mass is 9.85. The second kappa shape index (κ2) is 6.50. The number of amides is 1. The number of carbonyl (C=O) groups is 1. The number of benzene rings is 2. The number of likely N-dealkylation sites (tertiary alicyclic amines) is 1. The molecular weight excluding hydrogens is 294 g/mol. The first-order valence-corrected chi connectivity index (χ1v) is 7.52. The molecule has 5 nitrogen and oxygen atoms in total. The summed E-state index contributed by atoms with van der Waals surface area (Å²) in [6.45, 7) is -0.548. The average Bonchev–Trinajstić information content (AvgIpc) is 2.86. The van der Waals surface area contributed by atoms with Crippen LogP contribution in [0, 0.1) is 0 Å². The third kappa shape index (κ3) is 2.74. The minimum absolute atomic E-state index is 0.548. The first-order chi connectivity index (χ1) is 11.1. The maximum absolute atomic E-state index is 12.3. The summed E-state index contributed by atoms with van der Waals surface area (Å²) in [7, 11) is 0. The second-order valence-corrected chi connectivity index (χ2v) is 5.68. The van der Waals surface area contributed by atoms with Gasteiger partial charge in [0.15, 0.2) is 0 Å². The molecule has 0 bridgehead atoms. The van der Waals surface area contributed by atoms with Crippen LogP contribution in [0.15, 0.2) is 60.7 Å². The molecule has 2 aromatic rings. The van der Waals surface area contributed by atoms with Crippen LogP contribution in [0.3, 0.4) is 0 Å². The highest BCUT2D eigenvalue weighted by Crippen LogP contribution is 2.40. The highest BCUT2D eigenvalue weighted by molar-refractivity contribution is 5.85. The molecule has 4 atom stereocenters. The van der Waals surface area contributed by atoms with E-state index in [1.54, 1.807) is 24.3 Å². The van der Waals surface area contributed by atoms with Crippen molar-refractivity contribution >= 4 is 5.91 Å². The Morgan fingerprint density at radius 2 is 1.57 bits per heavy atom. The normalized spacial score (nSPS) is 25.6. The Bertz CT molecular complexity index is 661. The van der Waals surface area contributed by atoms with E-state index in [0.717, 1.165) is 10.5 Å². The molecule has 120 valence electrons. The van der Waals surface area contributed by atoms with E-state index in [-0.39, 0.29) is 0 Å². The lowest BCUT2D eigenvalue weighted by Crippen LogP contribution is -2.40. The van der Waals surface area contributed by atoms with Gasteiger partial charge in [0.2, 0.25) is 0 Å². The summed E-state index contributed by atoms with van der Waals surface area (Å²) in [5.41, 5.74) is 1.39. The third-order valence-corrected chi connectivity index (χ3v) is 4.41. The van der Waals surface area contributed by atoms with Gasteiger partial charge in [0.25, 0.3) is 5.91 Å². The van der Waals surface area contributed by atoms with Gasteiger partial charge < -0.3 is 20.2 Å². The van der Waals surface area contributed by atoms with Crippen molar-refractivity contribution in [2.24, 2.45) is 0 Å². The molecule has 0 radical (unpaired) electrons. The molecule has 0 aromatic heterocycles. The van der Waals surface area contributed by atoms with Crippen molar-refractivity contribution in [1.82, 2.24) is 4.90 Å². The van der Waals surface area contributed by atoms with Crippen LogP contribution < -0.4 is 0 Å². The van der Waals surface area contributed by atoms with Gasteiger partial charge in [0, 0.05) is 5.92 Å². The number of nitrogens with zero attached hydrogens (tertiary/aromatic N) is 1. The summed E-state index contributed by atoms with van der Waals surface area (Å²) in [6, 6.07) is 17.3. The molecule has 1 heterocycles. The van der Waals surface area contributed by atoms with Crippen molar-refractivity contribution in [1.29, 1.82) is 0 Å². The van der Waals surface area contributed by atoms with Crippen molar-refractivity contribution < 1.29 is 20.1 Å². The fraction of sp³-hybridized carbons (Fsp3) is 0.278. The standard InChI is InChI=1S/C18H19NO4/c20-11-19-15(16(21)13-9-5-2-6-10-13)14(17(22)18(19)23)12-7-3-1-4-8-12/h1-10,14-17,20-22H,11H2. The maximum Gasteiger partial charge on any atom is 0.254 e. The Morgan fingerprint density at radius 3 is 2.13 bits per heavy atom. The molecule has 1 aliphatic heterocycles. The third-order valence-electron chi connectivity index (χ3n) is 4.41. The molecule has 1 fully saturated rings. The Balaban J connectivity index is 2.03. The number of carbonyl (C=O) groups excluding carboxylic acids is 1. The summed E-state index contributed by atoms with van der Waals surface area (Å²) in [6.07, 6.45) is -2.29. The quantitative estimate of drug-likeness (QED) is 0.787. The number of aliphatic hydroxyl groups excluding tert-OH is 3. The van der Waals surface area contributed by atoms with E-state index in [1.807, 2.05) is 36.4 Å². The molecule has 0 spiro atoms. The summed E-state index contributed by atoms with van der Waals surface area (Å²) < 4.78 is 0. The van der Waals surface area contributed by atoms with Crippen LogP contribution in [0.25, 0.3) is 0 Å². The van der Waals surface area contributed by atoms with Gasteiger partial charge in [0.05, 0.1) is 6.04 Å². The predicted molar refractivity (Wildman–Crippen MR) is 84.3 cm³/mol. The lowest BCUT2D eigenvalue weighted by molar-refractivity contribution is -0.140. The summed E-state index contributed by atoms with van der Waals surface area (Å²) in [5, 5.41) is 30.7. The molecule has 1 saturated heterocycles. The lowest BCUT2D eigenvalue weighted by Gasteiger charge is -2.31.